The lowest BCUT2D eigenvalue weighted by molar-refractivity contribution is 0.323. The smallest absolute Gasteiger partial charge is 0.276 e. The maximum absolute atomic E-state index is 13.8. The molecule has 2 aliphatic heterocycles. The molecule has 0 atom stereocenters. The van der Waals surface area contributed by atoms with Gasteiger partial charge in [0.1, 0.15) is 18.0 Å². The van der Waals surface area contributed by atoms with Gasteiger partial charge in [-0.25, -0.2) is 4.98 Å². The number of nitrogens with zero attached hydrogens (tertiary/aromatic N) is 3. The Hall–Kier alpha value is -3.74. The molecule has 0 aliphatic carbocycles. The number of ether oxygens (including phenoxy) is 1. The average molecular weight is 456 g/mol. The SMILES string of the molecule is Cc1nc2c(N3CCCCC3)c(-c3ccccc3)[nH]n2c(=O)c1Cc1ccc2c(c1)NCCO2. The summed E-state index contributed by atoms with van der Waals surface area (Å²) in [6, 6.07) is 16.3. The summed E-state index contributed by atoms with van der Waals surface area (Å²) in [5.41, 5.74) is 7.26. The Morgan fingerprint density at radius 2 is 1.88 bits per heavy atom. The Morgan fingerprint density at radius 3 is 2.71 bits per heavy atom. The first-order chi connectivity index (χ1) is 16.7. The molecule has 6 rings (SSSR count). The fourth-order valence-electron chi connectivity index (χ4n) is 5.13. The minimum atomic E-state index is -0.0372. The zero-order chi connectivity index (χ0) is 23.1. The highest BCUT2D eigenvalue weighted by molar-refractivity contribution is 5.86. The molecule has 0 saturated carbocycles. The van der Waals surface area contributed by atoms with Crippen LogP contribution in [0.5, 0.6) is 5.75 Å². The molecule has 0 radical (unpaired) electrons. The van der Waals surface area contributed by atoms with E-state index in [1.807, 2.05) is 37.3 Å². The molecule has 1 saturated heterocycles. The Balaban J connectivity index is 1.47. The van der Waals surface area contributed by atoms with Crippen molar-refractivity contribution in [1.29, 1.82) is 0 Å². The monoisotopic (exact) mass is 455 g/mol. The van der Waals surface area contributed by atoms with Gasteiger partial charge < -0.3 is 15.0 Å². The molecule has 0 unspecified atom stereocenters. The number of aromatic amines is 1. The number of aryl methyl sites for hydroxylation is 1. The number of nitrogens with one attached hydrogen (secondary N) is 2. The topological polar surface area (TPSA) is 74.7 Å². The van der Waals surface area contributed by atoms with E-state index in [9.17, 15) is 4.79 Å². The van der Waals surface area contributed by atoms with E-state index in [1.165, 1.54) is 6.42 Å². The summed E-state index contributed by atoms with van der Waals surface area (Å²) in [5, 5.41) is 6.79. The molecule has 4 aromatic rings. The zero-order valence-corrected chi connectivity index (χ0v) is 19.4. The summed E-state index contributed by atoms with van der Waals surface area (Å²) in [7, 11) is 0. The van der Waals surface area contributed by atoms with Gasteiger partial charge in [0.05, 0.1) is 11.4 Å². The number of hydrogen-bond donors (Lipinski definition) is 2. The van der Waals surface area contributed by atoms with E-state index in [0.717, 1.165) is 72.1 Å². The highest BCUT2D eigenvalue weighted by Crippen LogP contribution is 2.35. The summed E-state index contributed by atoms with van der Waals surface area (Å²) in [6.45, 7) is 5.37. The van der Waals surface area contributed by atoms with E-state index in [1.54, 1.807) is 4.52 Å². The zero-order valence-electron chi connectivity index (χ0n) is 19.4. The van der Waals surface area contributed by atoms with Crippen molar-refractivity contribution in [2.75, 3.05) is 36.5 Å². The van der Waals surface area contributed by atoms with Crippen molar-refractivity contribution in [2.45, 2.75) is 32.6 Å². The number of aromatic nitrogens is 3. The van der Waals surface area contributed by atoms with Crippen LogP contribution in [0.4, 0.5) is 11.4 Å². The second-order valence-electron chi connectivity index (χ2n) is 9.17. The first-order valence-electron chi connectivity index (χ1n) is 12.1. The van der Waals surface area contributed by atoms with Crippen LogP contribution in [0.3, 0.4) is 0 Å². The molecule has 7 nitrogen and oxygen atoms in total. The third-order valence-corrected chi connectivity index (χ3v) is 6.89. The van der Waals surface area contributed by atoms with E-state index in [4.69, 9.17) is 9.72 Å². The summed E-state index contributed by atoms with van der Waals surface area (Å²) < 4.78 is 7.35. The molecular weight excluding hydrogens is 426 g/mol. The van der Waals surface area contributed by atoms with Crippen LogP contribution in [0.25, 0.3) is 16.9 Å². The lowest BCUT2D eigenvalue weighted by Crippen LogP contribution is -2.30. The van der Waals surface area contributed by atoms with Crippen LogP contribution in [0.1, 0.15) is 36.1 Å². The molecule has 174 valence electrons. The minimum Gasteiger partial charge on any atom is -0.490 e. The number of rotatable bonds is 4. The number of hydrogen-bond acceptors (Lipinski definition) is 5. The van der Waals surface area contributed by atoms with E-state index >= 15 is 0 Å². The van der Waals surface area contributed by atoms with Crippen LogP contribution < -0.4 is 20.5 Å². The lowest BCUT2D eigenvalue weighted by Gasteiger charge is -2.28. The van der Waals surface area contributed by atoms with Crippen molar-refractivity contribution in [3.05, 3.63) is 75.7 Å². The van der Waals surface area contributed by atoms with Gasteiger partial charge in [-0.05, 0) is 43.9 Å². The molecule has 2 aromatic heterocycles. The van der Waals surface area contributed by atoms with Crippen LogP contribution in [0, 0.1) is 6.92 Å². The second kappa shape index (κ2) is 8.56. The number of H-pyrrole nitrogens is 1. The van der Waals surface area contributed by atoms with Gasteiger partial charge in [0.25, 0.3) is 5.56 Å². The van der Waals surface area contributed by atoms with Crippen molar-refractivity contribution in [3.8, 4) is 17.0 Å². The van der Waals surface area contributed by atoms with Gasteiger partial charge in [0.2, 0.25) is 0 Å². The molecule has 1 fully saturated rings. The van der Waals surface area contributed by atoms with Crippen molar-refractivity contribution in [1.82, 2.24) is 14.6 Å². The highest BCUT2D eigenvalue weighted by atomic mass is 16.5. The van der Waals surface area contributed by atoms with Gasteiger partial charge in [-0.1, -0.05) is 36.4 Å². The van der Waals surface area contributed by atoms with Crippen LogP contribution >= 0.6 is 0 Å². The summed E-state index contributed by atoms with van der Waals surface area (Å²) in [4.78, 5) is 21.1. The highest BCUT2D eigenvalue weighted by Gasteiger charge is 2.24. The summed E-state index contributed by atoms with van der Waals surface area (Å²) >= 11 is 0. The molecule has 0 spiro atoms. The van der Waals surface area contributed by atoms with E-state index in [2.05, 4.69) is 33.5 Å². The molecule has 2 aliphatic rings. The third kappa shape index (κ3) is 3.61. The van der Waals surface area contributed by atoms with Crippen LogP contribution in [0.15, 0.2) is 53.3 Å². The Morgan fingerprint density at radius 1 is 1.06 bits per heavy atom. The quantitative estimate of drug-likeness (QED) is 0.478. The normalized spacial score (nSPS) is 15.6. The van der Waals surface area contributed by atoms with Crippen LogP contribution in [0.2, 0.25) is 0 Å². The lowest BCUT2D eigenvalue weighted by atomic mass is 10.0. The van der Waals surface area contributed by atoms with Crippen molar-refractivity contribution in [3.63, 3.8) is 0 Å². The average Bonchev–Trinajstić information content (AvgIpc) is 3.27. The van der Waals surface area contributed by atoms with Gasteiger partial charge in [-0.15, -0.1) is 0 Å². The van der Waals surface area contributed by atoms with Gasteiger partial charge in [-0.3, -0.25) is 9.89 Å². The first kappa shape index (κ1) is 20.8. The predicted molar refractivity (Wildman–Crippen MR) is 135 cm³/mol. The first-order valence-corrected chi connectivity index (χ1v) is 12.1. The molecule has 4 heterocycles. The third-order valence-electron chi connectivity index (χ3n) is 6.89. The molecule has 2 aromatic carbocycles. The Bertz CT molecular complexity index is 1400. The fourth-order valence-corrected chi connectivity index (χ4v) is 5.13. The standard InChI is InChI=1S/C27H29N5O2/c1-18-21(16-19-10-11-23-22(17-19)28-12-15-34-23)27(33)32-26(29-18)25(31-13-6-3-7-14-31)24(30-32)20-8-4-2-5-9-20/h2,4-5,8-11,17,28,30H,3,6-7,12-16H2,1H3. The number of fused-ring (bicyclic) bond motifs is 2. The van der Waals surface area contributed by atoms with Gasteiger partial charge in [-0.2, -0.15) is 4.52 Å². The maximum atomic E-state index is 13.8. The largest absolute Gasteiger partial charge is 0.490 e. The fraction of sp³-hybridized carbons (Fsp3) is 0.333. The number of anilines is 2. The van der Waals surface area contributed by atoms with Crippen LogP contribution in [-0.2, 0) is 6.42 Å². The Kier molecular flexibility index (Phi) is 5.24. The number of piperidine rings is 1. The molecular formula is C27H29N5O2. The van der Waals surface area contributed by atoms with E-state index in [-0.39, 0.29) is 5.56 Å². The number of benzene rings is 2. The van der Waals surface area contributed by atoms with Crippen molar-refractivity contribution < 1.29 is 4.74 Å². The molecule has 2 N–H and O–H groups in total. The minimum absolute atomic E-state index is 0.0372. The molecule has 0 bridgehead atoms. The molecule has 34 heavy (non-hydrogen) atoms. The van der Waals surface area contributed by atoms with Gasteiger partial charge >= 0.3 is 0 Å². The van der Waals surface area contributed by atoms with E-state index in [0.29, 0.717) is 24.2 Å². The van der Waals surface area contributed by atoms with Crippen LogP contribution in [-0.4, -0.2) is 40.8 Å². The summed E-state index contributed by atoms with van der Waals surface area (Å²) in [5.74, 6) is 0.861. The van der Waals surface area contributed by atoms with Crippen molar-refractivity contribution >= 4 is 17.0 Å². The molecule has 0 amide bonds. The predicted octanol–water partition coefficient (Wildman–Crippen LogP) is 4.38. The summed E-state index contributed by atoms with van der Waals surface area (Å²) in [6.07, 6.45) is 4.08. The van der Waals surface area contributed by atoms with Gasteiger partial charge in [0.15, 0.2) is 5.65 Å². The van der Waals surface area contributed by atoms with Gasteiger partial charge in [0, 0.05) is 42.9 Å². The molecule has 7 heteroatoms. The second-order valence-corrected chi connectivity index (χ2v) is 9.17. The maximum Gasteiger partial charge on any atom is 0.276 e. The van der Waals surface area contributed by atoms with Crippen molar-refractivity contribution in [2.24, 2.45) is 0 Å². The van der Waals surface area contributed by atoms with E-state index < -0.39 is 0 Å². The Labute approximate surface area is 198 Å².